The summed E-state index contributed by atoms with van der Waals surface area (Å²) in [6, 6.07) is 19.9. The van der Waals surface area contributed by atoms with Crippen LogP contribution < -0.4 is 10.6 Å². The average Bonchev–Trinajstić information content (AvgIpc) is 3.18. The van der Waals surface area contributed by atoms with Crippen molar-refractivity contribution < 1.29 is 29.3 Å². The maximum absolute atomic E-state index is 12.7. The molecule has 8 nitrogen and oxygen atoms in total. The molecule has 3 aromatic carbocycles. The van der Waals surface area contributed by atoms with E-state index in [1.807, 2.05) is 43.3 Å². The molecule has 0 spiro atoms. The van der Waals surface area contributed by atoms with Crippen molar-refractivity contribution in [2.24, 2.45) is 5.92 Å². The lowest BCUT2D eigenvalue weighted by Crippen LogP contribution is -2.36. The summed E-state index contributed by atoms with van der Waals surface area (Å²) in [5.41, 5.74) is 4.43. The van der Waals surface area contributed by atoms with Crippen LogP contribution >= 0.6 is 0 Å². The van der Waals surface area contributed by atoms with Gasteiger partial charge in [-0.15, -0.1) is 0 Å². The van der Waals surface area contributed by atoms with Gasteiger partial charge in [-0.3, -0.25) is 4.79 Å². The minimum absolute atomic E-state index is 0.0584. The lowest BCUT2D eigenvalue weighted by Gasteiger charge is -2.18. The minimum Gasteiger partial charge on any atom is -0.507 e. The number of carbonyl (C=O) groups excluding carboxylic acids is 2. The molecule has 0 fully saturated rings. The van der Waals surface area contributed by atoms with Crippen LogP contribution in [-0.4, -0.2) is 41.3 Å². The fourth-order valence-electron chi connectivity index (χ4n) is 4.31. The van der Waals surface area contributed by atoms with Gasteiger partial charge in [0.15, 0.2) is 0 Å². The molecular weight excluding hydrogens is 448 g/mol. The molecule has 2 amide bonds. The molecule has 0 saturated heterocycles. The van der Waals surface area contributed by atoms with Gasteiger partial charge in [0, 0.05) is 18.2 Å². The molecule has 1 unspecified atom stereocenters. The van der Waals surface area contributed by atoms with E-state index in [4.69, 9.17) is 9.84 Å². The number of phenols is 1. The SMILES string of the molecule is CCC(CNC(=O)OCC1c2ccccc2-c2ccccc21)C(=O)Nc1ccc(O)c(C(=O)O)c1. The van der Waals surface area contributed by atoms with Crippen molar-refractivity contribution in [2.45, 2.75) is 19.3 Å². The number of benzene rings is 3. The van der Waals surface area contributed by atoms with Gasteiger partial charge >= 0.3 is 12.1 Å². The Labute approximate surface area is 202 Å². The van der Waals surface area contributed by atoms with E-state index in [9.17, 15) is 19.5 Å². The Morgan fingerprint density at radius 3 is 2.20 bits per heavy atom. The van der Waals surface area contributed by atoms with Crippen LogP contribution in [0.15, 0.2) is 66.7 Å². The first kappa shape index (κ1) is 23.8. The fraction of sp³-hybridized carbons (Fsp3) is 0.222. The fourth-order valence-corrected chi connectivity index (χ4v) is 4.31. The zero-order valence-electron chi connectivity index (χ0n) is 19.2. The lowest BCUT2D eigenvalue weighted by atomic mass is 9.98. The number of ether oxygens (including phenoxy) is 1. The van der Waals surface area contributed by atoms with E-state index >= 15 is 0 Å². The van der Waals surface area contributed by atoms with E-state index in [0.717, 1.165) is 22.3 Å². The number of hydrogen-bond acceptors (Lipinski definition) is 5. The Hall–Kier alpha value is -4.33. The molecule has 0 aromatic heterocycles. The van der Waals surface area contributed by atoms with E-state index in [0.29, 0.717) is 6.42 Å². The van der Waals surface area contributed by atoms with Crippen LogP contribution in [0.5, 0.6) is 5.75 Å². The summed E-state index contributed by atoms with van der Waals surface area (Å²) in [6.45, 7) is 2.04. The van der Waals surface area contributed by atoms with Gasteiger partial charge < -0.3 is 25.6 Å². The summed E-state index contributed by atoms with van der Waals surface area (Å²) in [4.78, 5) is 36.3. The number of hydrogen-bond donors (Lipinski definition) is 4. The second-order valence-electron chi connectivity index (χ2n) is 8.34. The molecule has 0 aliphatic heterocycles. The Balaban J connectivity index is 1.33. The van der Waals surface area contributed by atoms with Crippen LogP contribution in [0.4, 0.5) is 10.5 Å². The summed E-state index contributed by atoms with van der Waals surface area (Å²) in [6.07, 6.45) is -0.171. The summed E-state index contributed by atoms with van der Waals surface area (Å²) >= 11 is 0. The van der Waals surface area contributed by atoms with E-state index < -0.39 is 18.0 Å². The number of carbonyl (C=O) groups is 3. The van der Waals surface area contributed by atoms with Gasteiger partial charge in [-0.1, -0.05) is 55.5 Å². The summed E-state index contributed by atoms with van der Waals surface area (Å²) in [5.74, 6) is -2.69. The predicted molar refractivity (Wildman–Crippen MR) is 131 cm³/mol. The normalized spacial score (nSPS) is 12.8. The van der Waals surface area contributed by atoms with E-state index in [-0.39, 0.29) is 42.0 Å². The number of carboxylic acid groups (broad SMARTS) is 1. The van der Waals surface area contributed by atoms with Gasteiger partial charge in [-0.2, -0.15) is 0 Å². The molecule has 4 rings (SSSR count). The van der Waals surface area contributed by atoms with Crippen molar-refractivity contribution in [3.8, 4) is 16.9 Å². The lowest BCUT2D eigenvalue weighted by molar-refractivity contribution is -0.119. The number of aromatic carboxylic acids is 1. The van der Waals surface area contributed by atoms with Crippen LogP contribution in [0.3, 0.4) is 0 Å². The molecule has 1 atom stereocenters. The first-order valence-corrected chi connectivity index (χ1v) is 11.3. The van der Waals surface area contributed by atoms with E-state index in [1.54, 1.807) is 0 Å². The van der Waals surface area contributed by atoms with E-state index in [2.05, 4.69) is 22.8 Å². The van der Waals surface area contributed by atoms with Crippen molar-refractivity contribution >= 4 is 23.7 Å². The third-order valence-electron chi connectivity index (χ3n) is 6.19. The van der Waals surface area contributed by atoms with Gasteiger partial charge in [0.05, 0.1) is 5.92 Å². The topological polar surface area (TPSA) is 125 Å². The molecule has 0 heterocycles. The predicted octanol–water partition coefficient (Wildman–Crippen LogP) is 4.59. The number of carboxylic acids is 1. The van der Waals surface area contributed by atoms with Crippen LogP contribution in [0.2, 0.25) is 0 Å². The number of anilines is 1. The quantitative estimate of drug-likeness (QED) is 0.354. The average molecular weight is 475 g/mol. The Morgan fingerprint density at radius 1 is 0.971 bits per heavy atom. The van der Waals surface area contributed by atoms with Crippen LogP contribution in [-0.2, 0) is 9.53 Å². The molecule has 0 saturated carbocycles. The molecule has 0 radical (unpaired) electrons. The smallest absolute Gasteiger partial charge is 0.407 e. The first-order chi connectivity index (χ1) is 16.9. The third kappa shape index (κ3) is 5.11. The summed E-state index contributed by atoms with van der Waals surface area (Å²) < 4.78 is 5.51. The number of aromatic hydroxyl groups is 1. The summed E-state index contributed by atoms with van der Waals surface area (Å²) in [7, 11) is 0. The molecular formula is C27H26N2O6. The highest BCUT2D eigenvalue weighted by Gasteiger charge is 2.29. The number of rotatable bonds is 8. The number of fused-ring (bicyclic) bond motifs is 3. The monoisotopic (exact) mass is 474 g/mol. The van der Waals surface area contributed by atoms with Crippen molar-refractivity contribution in [1.29, 1.82) is 0 Å². The molecule has 35 heavy (non-hydrogen) atoms. The highest BCUT2D eigenvalue weighted by atomic mass is 16.5. The molecule has 180 valence electrons. The number of amides is 2. The Morgan fingerprint density at radius 2 is 1.60 bits per heavy atom. The zero-order chi connectivity index (χ0) is 24.9. The third-order valence-corrected chi connectivity index (χ3v) is 6.19. The van der Waals surface area contributed by atoms with Crippen molar-refractivity contribution in [2.75, 3.05) is 18.5 Å². The molecule has 8 heteroatoms. The van der Waals surface area contributed by atoms with Crippen molar-refractivity contribution in [3.05, 3.63) is 83.4 Å². The van der Waals surface area contributed by atoms with Gasteiger partial charge in [-0.05, 0) is 46.9 Å². The molecule has 1 aliphatic carbocycles. The molecule has 0 bridgehead atoms. The highest BCUT2D eigenvalue weighted by molar-refractivity contribution is 5.96. The molecule has 3 aromatic rings. The molecule has 4 N–H and O–H groups in total. The van der Waals surface area contributed by atoms with Crippen molar-refractivity contribution in [3.63, 3.8) is 0 Å². The largest absolute Gasteiger partial charge is 0.507 e. The van der Waals surface area contributed by atoms with Gasteiger partial charge in [-0.25, -0.2) is 9.59 Å². The van der Waals surface area contributed by atoms with E-state index in [1.165, 1.54) is 18.2 Å². The van der Waals surface area contributed by atoms with Crippen LogP contribution in [0, 0.1) is 5.92 Å². The van der Waals surface area contributed by atoms with Gasteiger partial charge in [0.25, 0.3) is 0 Å². The maximum atomic E-state index is 12.7. The van der Waals surface area contributed by atoms with Gasteiger partial charge in [0.2, 0.25) is 5.91 Å². The first-order valence-electron chi connectivity index (χ1n) is 11.3. The highest BCUT2D eigenvalue weighted by Crippen LogP contribution is 2.44. The number of alkyl carbamates (subject to hydrolysis) is 1. The van der Waals surface area contributed by atoms with Crippen LogP contribution in [0.25, 0.3) is 11.1 Å². The Kier molecular flexibility index (Phi) is 7.01. The zero-order valence-corrected chi connectivity index (χ0v) is 19.2. The maximum Gasteiger partial charge on any atom is 0.407 e. The standard InChI is InChI=1S/C27H26N2O6/c1-2-16(25(31)29-17-11-12-24(30)22(13-17)26(32)33)14-28-27(34)35-15-23-20-9-5-3-7-18(20)19-8-4-6-10-21(19)23/h3-13,16,23,30H,2,14-15H2,1H3,(H,28,34)(H,29,31)(H,32,33). The summed E-state index contributed by atoms with van der Waals surface area (Å²) in [5, 5.41) is 24.0. The second kappa shape index (κ2) is 10.3. The number of nitrogens with one attached hydrogen (secondary N) is 2. The second-order valence-corrected chi connectivity index (χ2v) is 8.34. The van der Waals surface area contributed by atoms with Crippen molar-refractivity contribution in [1.82, 2.24) is 5.32 Å². The minimum atomic E-state index is -1.30. The Bertz CT molecular complexity index is 1230. The van der Waals surface area contributed by atoms with Gasteiger partial charge in [0.1, 0.15) is 17.9 Å². The van der Waals surface area contributed by atoms with Crippen LogP contribution in [0.1, 0.15) is 40.7 Å². The molecule has 1 aliphatic rings.